The normalized spacial score (nSPS) is 10.6. The summed E-state index contributed by atoms with van der Waals surface area (Å²) in [7, 11) is 1.44. The average Bonchev–Trinajstić information content (AvgIpc) is 3.06. The van der Waals surface area contributed by atoms with E-state index in [-0.39, 0.29) is 11.4 Å². The van der Waals surface area contributed by atoms with E-state index >= 15 is 0 Å². The van der Waals surface area contributed by atoms with Crippen LogP contribution in [0.15, 0.2) is 58.5 Å². The fourth-order valence-corrected chi connectivity index (χ4v) is 3.46. The van der Waals surface area contributed by atoms with Crippen LogP contribution in [0.5, 0.6) is 0 Å². The number of nitrogens with zero attached hydrogens (tertiary/aromatic N) is 4. The van der Waals surface area contributed by atoms with Gasteiger partial charge >= 0.3 is 5.69 Å². The number of halogens is 1. The summed E-state index contributed by atoms with van der Waals surface area (Å²) in [5.41, 5.74) is -0.988. The van der Waals surface area contributed by atoms with Gasteiger partial charge in [-0.05, 0) is 30.3 Å². The van der Waals surface area contributed by atoms with E-state index in [0.29, 0.717) is 9.92 Å². The number of amides is 1. The smallest absolute Gasteiger partial charge is 0.320 e. The number of rotatable bonds is 6. The second kappa shape index (κ2) is 8.29. The second-order valence-electron chi connectivity index (χ2n) is 5.78. The Morgan fingerprint density at radius 2 is 1.79 bits per heavy atom. The number of carbonyl (C=O) groups is 1. The molecule has 0 radical (unpaired) electrons. The first-order chi connectivity index (χ1) is 13.7. The van der Waals surface area contributed by atoms with Crippen molar-refractivity contribution < 1.29 is 14.6 Å². The molecule has 12 heteroatoms. The molecule has 1 heterocycles. The number of benzene rings is 2. The maximum Gasteiger partial charge on any atom is 0.320 e. The van der Waals surface area contributed by atoms with Crippen molar-refractivity contribution in [1.82, 2.24) is 9.78 Å². The first kappa shape index (κ1) is 20.3. The highest BCUT2D eigenvalue weighted by molar-refractivity contribution is 7.99. The number of hydrogen-bond donors (Lipinski definition) is 1. The lowest BCUT2D eigenvalue weighted by Crippen LogP contribution is -2.14. The molecular weight excluding hydrogens is 422 g/mol. The minimum atomic E-state index is -0.847. The van der Waals surface area contributed by atoms with Gasteiger partial charge < -0.3 is 5.32 Å². The molecule has 0 aliphatic rings. The number of anilines is 1. The van der Waals surface area contributed by atoms with Crippen LogP contribution in [0.3, 0.4) is 0 Å². The Morgan fingerprint density at radius 3 is 2.41 bits per heavy atom. The fourth-order valence-electron chi connectivity index (χ4n) is 2.42. The molecule has 0 unspecified atom stereocenters. The van der Waals surface area contributed by atoms with Crippen LogP contribution in [0.25, 0.3) is 0 Å². The van der Waals surface area contributed by atoms with Crippen LogP contribution in [-0.4, -0.2) is 25.5 Å². The van der Waals surface area contributed by atoms with Gasteiger partial charge in [0, 0.05) is 39.7 Å². The molecular formula is C17H12ClN5O5S. The third-order valence-corrected chi connectivity index (χ3v) is 4.86. The molecule has 0 aliphatic heterocycles. The van der Waals surface area contributed by atoms with Crippen LogP contribution in [0.4, 0.5) is 17.1 Å². The molecule has 148 valence electrons. The minimum Gasteiger partial charge on any atom is -0.320 e. The lowest BCUT2D eigenvalue weighted by molar-refractivity contribution is -0.385. The van der Waals surface area contributed by atoms with Crippen LogP contribution in [-0.2, 0) is 7.05 Å². The van der Waals surface area contributed by atoms with Crippen LogP contribution in [0.2, 0.25) is 5.02 Å². The maximum atomic E-state index is 12.5. The van der Waals surface area contributed by atoms with E-state index in [1.54, 1.807) is 24.3 Å². The molecule has 0 atom stereocenters. The van der Waals surface area contributed by atoms with Crippen molar-refractivity contribution in [3.63, 3.8) is 0 Å². The quantitative estimate of drug-likeness (QED) is 0.452. The van der Waals surface area contributed by atoms with E-state index in [0.717, 1.165) is 15.8 Å². The highest BCUT2D eigenvalue weighted by atomic mass is 35.5. The van der Waals surface area contributed by atoms with Crippen molar-refractivity contribution in [2.24, 2.45) is 7.05 Å². The van der Waals surface area contributed by atoms with Crippen molar-refractivity contribution in [3.8, 4) is 0 Å². The van der Waals surface area contributed by atoms with Gasteiger partial charge in [-0.25, -0.2) is 0 Å². The number of aryl methyl sites for hydroxylation is 1. The SMILES string of the molecule is Cn1cc([N+](=O)[O-])c(C(=O)Nc2cc(Sc3ccc(Cl)cc3)cc([N+](=O)[O-])c2)n1. The largest absolute Gasteiger partial charge is 0.320 e. The van der Waals surface area contributed by atoms with Gasteiger partial charge in [0.15, 0.2) is 0 Å². The summed E-state index contributed by atoms with van der Waals surface area (Å²) < 4.78 is 1.14. The van der Waals surface area contributed by atoms with Crippen LogP contribution in [0.1, 0.15) is 10.5 Å². The summed E-state index contributed by atoms with van der Waals surface area (Å²) in [5, 5.41) is 29.1. The molecule has 10 nitrogen and oxygen atoms in total. The van der Waals surface area contributed by atoms with E-state index in [9.17, 15) is 25.0 Å². The third-order valence-electron chi connectivity index (χ3n) is 3.63. The molecule has 0 fully saturated rings. The number of aromatic nitrogens is 2. The van der Waals surface area contributed by atoms with Gasteiger partial charge in [-0.15, -0.1) is 0 Å². The molecule has 0 saturated heterocycles. The zero-order valence-electron chi connectivity index (χ0n) is 14.7. The average molecular weight is 434 g/mol. The molecule has 1 N–H and O–H groups in total. The van der Waals surface area contributed by atoms with Crippen LogP contribution in [0, 0.1) is 20.2 Å². The van der Waals surface area contributed by atoms with E-state index in [1.165, 1.54) is 37.0 Å². The first-order valence-corrected chi connectivity index (χ1v) is 9.14. The Balaban J connectivity index is 1.91. The summed E-state index contributed by atoms with van der Waals surface area (Å²) in [5.74, 6) is -0.847. The molecule has 0 aliphatic carbocycles. The molecule has 0 bridgehead atoms. The van der Waals surface area contributed by atoms with E-state index in [1.807, 2.05) is 0 Å². The van der Waals surface area contributed by atoms with Crippen molar-refractivity contribution in [2.75, 3.05) is 5.32 Å². The maximum absolute atomic E-state index is 12.5. The second-order valence-corrected chi connectivity index (χ2v) is 7.36. The van der Waals surface area contributed by atoms with Crippen LogP contribution >= 0.6 is 23.4 Å². The van der Waals surface area contributed by atoms with Gasteiger partial charge in [0.25, 0.3) is 11.6 Å². The highest BCUT2D eigenvalue weighted by Gasteiger charge is 2.25. The molecule has 3 aromatic rings. The first-order valence-electron chi connectivity index (χ1n) is 7.95. The van der Waals surface area contributed by atoms with Gasteiger partial charge in [-0.2, -0.15) is 5.10 Å². The summed E-state index contributed by atoms with van der Waals surface area (Å²) in [4.78, 5) is 34.8. The predicted molar refractivity (Wildman–Crippen MR) is 106 cm³/mol. The topological polar surface area (TPSA) is 133 Å². The van der Waals surface area contributed by atoms with E-state index in [4.69, 9.17) is 11.6 Å². The molecule has 1 aromatic heterocycles. The number of non-ortho nitro benzene ring substituents is 1. The van der Waals surface area contributed by atoms with Gasteiger partial charge in [-0.1, -0.05) is 23.4 Å². The van der Waals surface area contributed by atoms with Gasteiger partial charge in [-0.3, -0.25) is 29.7 Å². The van der Waals surface area contributed by atoms with Gasteiger partial charge in [0.05, 0.1) is 9.85 Å². The Bertz CT molecular complexity index is 1120. The summed E-state index contributed by atoms with van der Waals surface area (Å²) in [6.07, 6.45) is 1.10. The van der Waals surface area contributed by atoms with Crippen molar-refractivity contribution in [2.45, 2.75) is 9.79 Å². The molecule has 0 spiro atoms. The summed E-state index contributed by atoms with van der Waals surface area (Å²) in [6, 6.07) is 10.9. The summed E-state index contributed by atoms with van der Waals surface area (Å²) >= 11 is 7.09. The lowest BCUT2D eigenvalue weighted by Gasteiger charge is -2.07. The fraction of sp³-hybridized carbons (Fsp3) is 0.0588. The Labute approximate surface area is 172 Å². The predicted octanol–water partition coefficient (Wildman–Crippen LogP) is 4.29. The number of nitro groups is 2. The third kappa shape index (κ3) is 4.89. The monoisotopic (exact) mass is 433 g/mol. The Morgan fingerprint density at radius 1 is 1.10 bits per heavy atom. The molecule has 2 aromatic carbocycles. The highest BCUT2D eigenvalue weighted by Crippen LogP contribution is 2.33. The number of carbonyl (C=O) groups excluding carboxylic acids is 1. The molecule has 3 rings (SSSR count). The van der Waals surface area contributed by atoms with Gasteiger partial charge in [0.2, 0.25) is 5.69 Å². The number of nitro benzene ring substituents is 1. The number of hydrogen-bond acceptors (Lipinski definition) is 7. The molecule has 0 saturated carbocycles. The molecule has 1 amide bonds. The summed E-state index contributed by atoms with van der Waals surface area (Å²) in [6.45, 7) is 0. The van der Waals surface area contributed by atoms with Crippen molar-refractivity contribution >= 4 is 46.3 Å². The zero-order valence-corrected chi connectivity index (χ0v) is 16.3. The zero-order chi connectivity index (χ0) is 21.1. The molecule has 29 heavy (non-hydrogen) atoms. The van der Waals surface area contributed by atoms with E-state index < -0.39 is 27.1 Å². The number of nitrogens with one attached hydrogen (secondary N) is 1. The lowest BCUT2D eigenvalue weighted by atomic mass is 10.2. The minimum absolute atomic E-state index is 0.112. The standard InChI is InChI=1S/C17H12ClN5O5S/c1-21-9-15(23(27)28)16(20-21)17(24)19-11-6-12(22(25)26)8-14(7-11)29-13-4-2-10(18)3-5-13/h2-9H,1H3,(H,19,24). The Hall–Kier alpha value is -3.44. The van der Waals surface area contributed by atoms with Crippen molar-refractivity contribution in [1.29, 1.82) is 0 Å². The van der Waals surface area contributed by atoms with E-state index in [2.05, 4.69) is 10.4 Å². The van der Waals surface area contributed by atoms with Crippen molar-refractivity contribution in [3.05, 3.63) is 79.6 Å². The van der Waals surface area contributed by atoms with Gasteiger partial charge in [0.1, 0.15) is 6.20 Å². The Kier molecular flexibility index (Phi) is 5.80. The van der Waals surface area contributed by atoms with Crippen LogP contribution < -0.4 is 5.32 Å².